The molecule has 2 rings (SSSR count). The van der Waals surface area contributed by atoms with Gasteiger partial charge in [-0.3, -0.25) is 9.59 Å². The molecule has 0 heterocycles. The molecule has 0 unspecified atom stereocenters. The lowest BCUT2D eigenvalue weighted by atomic mass is 10.1. The smallest absolute Gasteiger partial charge is 0.242 e. The maximum Gasteiger partial charge on any atom is 0.242 e. The van der Waals surface area contributed by atoms with Crippen LogP contribution in [-0.4, -0.2) is 28.3 Å². The van der Waals surface area contributed by atoms with Crippen LogP contribution in [0.2, 0.25) is 5.02 Å². The molecule has 1 N–H and O–H groups in total. The lowest BCUT2D eigenvalue weighted by molar-refractivity contribution is -0.140. The molecule has 150 valence electrons. The number of carbonyl (C=O) groups is 2. The molecule has 2 aromatic carbocycles. The van der Waals surface area contributed by atoms with Crippen LogP contribution in [-0.2, 0) is 22.6 Å². The SMILES string of the molecule is C[C@H](C(=O)NC(C)(C)C)N(Cc1cccc(Cl)c1)C(=O)Cc1ccccc1F. The largest absolute Gasteiger partial charge is 0.350 e. The van der Waals surface area contributed by atoms with Gasteiger partial charge in [0.2, 0.25) is 11.8 Å². The van der Waals surface area contributed by atoms with Gasteiger partial charge in [0.05, 0.1) is 6.42 Å². The number of rotatable bonds is 6. The maximum atomic E-state index is 14.0. The third-order valence-electron chi connectivity index (χ3n) is 4.21. The summed E-state index contributed by atoms with van der Waals surface area (Å²) in [5.74, 6) is -1.04. The van der Waals surface area contributed by atoms with E-state index in [-0.39, 0.29) is 24.8 Å². The van der Waals surface area contributed by atoms with E-state index in [0.717, 1.165) is 5.56 Å². The predicted octanol–water partition coefficient (Wildman–Crippen LogP) is 4.35. The summed E-state index contributed by atoms with van der Waals surface area (Å²) in [6.45, 7) is 7.50. The van der Waals surface area contributed by atoms with Gasteiger partial charge in [-0.15, -0.1) is 0 Å². The number of hydrogen-bond acceptors (Lipinski definition) is 2. The molecule has 0 bridgehead atoms. The minimum atomic E-state index is -0.725. The first-order valence-electron chi connectivity index (χ1n) is 9.16. The van der Waals surface area contributed by atoms with E-state index < -0.39 is 17.4 Å². The summed E-state index contributed by atoms with van der Waals surface area (Å²) < 4.78 is 14.0. The lowest BCUT2D eigenvalue weighted by Gasteiger charge is -2.31. The van der Waals surface area contributed by atoms with E-state index in [1.165, 1.54) is 11.0 Å². The highest BCUT2D eigenvalue weighted by molar-refractivity contribution is 6.30. The Labute approximate surface area is 170 Å². The van der Waals surface area contributed by atoms with Crippen LogP contribution in [0.5, 0.6) is 0 Å². The van der Waals surface area contributed by atoms with Crippen LogP contribution >= 0.6 is 11.6 Å². The molecule has 0 saturated heterocycles. The summed E-state index contributed by atoms with van der Waals surface area (Å²) in [4.78, 5) is 27.1. The molecule has 4 nitrogen and oxygen atoms in total. The molecule has 28 heavy (non-hydrogen) atoms. The quantitative estimate of drug-likeness (QED) is 0.777. The van der Waals surface area contributed by atoms with Gasteiger partial charge in [-0.1, -0.05) is 41.9 Å². The standard InChI is InChI=1S/C22H26ClFN2O2/c1-15(21(28)25-22(2,3)4)26(14-16-8-7-10-18(23)12-16)20(27)13-17-9-5-6-11-19(17)24/h5-12,15H,13-14H2,1-4H3,(H,25,28)/t15-/m1/s1. The van der Waals surface area contributed by atoms with E-state index in [1.54, 1.807) is 43.3 Å². The number of hydrogen-bond donors (Lipinski definition) is 1. The monoisotopic (exact) mass is 404 g/mol. The second-order valence-corrected chi connectivity index (χ2v) is 8.27. The van der Waals surface area contributed by atoms with E-state index in [2.05, 4.69) is 5.32 Å². The van der Waals surface area contributed by atoms with Crippen molar-refractivity contribution in [3.05, 3.63) is 70.5 Å². The maximum absolute atomic E-state index is 14.0. The molecule has 6 heteroatoms. The summed E-state index contributed by atoms with van der Waals surface area (Å²) in [7, 11) is 0. The number of benzene rings is 2. The van der Waals surface area contributed by atoms with Crippen molar-refractivity contribution < 1.29 is 14.0 Å². The van der Waals surface area contributed by atoms with Gasteiger partial charge < -0.3 is 10.2 Å². The molecule has 0 radical (unpaired) electrons. The fourth-order valence-corrected chi connectivity index (χ4v) is 3.01. The average Bonchev–Trinajstić information content (AvgIpc) is 2.59. The van der Waals surface area contributed by atoms with E-state index in [0.29, 0.717) is 10.6 Å². The van der Waals surface area contributed by atoms with Crippen LogP contribution in [0, 0.1) is 5.82 Å². The topological polar surface area (TPSA) is 49.4 Å². The summed E-state index contributed by atoms with van der Waals surface area (Å²) in [6, 6.07) is 12.5. The van der Waals surface area contributed by atoms with Gasteiger partial charge in [0.25, 0.3) is 0 Å². The Balaban J connectivity index is 2.27. The molecule has 0 aromatic heterocycles. The predicted molar refractivity (Wildman–Crippen MR) is 109 cm³/mol. The Morgan fingerprint density at radius 3 is 2.43 bits per heavy atom. The number of carbonyl (C=O) groups excluding carboxylic acids is 2. The summed E-state index contributed by atoms with van der Waals surface area (Å²) >= 11 is 6.06. The summed E-state index contributed by atoms with van der Waals surface area (Å²) in [5.41, 5.74) is 0.665. The van der Waals surface area contributed by atoms with Gasteiger partial charge in [0.1, 0.15) is 11.9 Å². The first-order chi connectivity index (χ1) is 13.1. The second-order valence-electron chi connectivity index (χ2n) is 7.83. The minimum absolute atomic E-state index is 0.125. The third kappa shape index (κ3) is 6.34. The van der Waals surface area contributed by atoms with Gasteiger partial charge in [-0.05, 0) is 57.0 Å². The van der Waals surface area contributed by atoms with Crippen molar-refractivity contribution >= 4 is 23.4 Å². The molecule has 0 spiro atoms. The van der Waals surface area contributed by atoms with E-state index in [4.69, 9.17) is 11.6 Å². The molecule has 0 aliphatic carbocycles. The van der Waals surface area contributed by atoms with Crippen molar-refractivity contribution in [2.24, 2.45) is 0 Å². The Kier molecular flexibility index (Phi) is 7.19. The highest BCUT2D eigenvalue weighted by atomic mass is 35.5. The minimum Gasteiger partial charge on any atom is -0.350 e. The third-order valence-corrected chi connectivity index (χ3v) is 4.44. The van der Waals surface area contributed by atoms with Crippen LogP contribution < -0.4 is 5.32 Å². The Hall–Kier alpha value is -2.40. The molecule has 2 aromatic rings. The van der Waals surface area contributed by atoms with Gasteiger partial charge in [-0.25, -0.2) is 4.39 Å². The zero-order valence-corrected chi connectivity index (χ0v) is 17.4. The molecule has 0 fully saturated rings. The van der Waals surface area contributed by atoms with Crippen molar-refractivity contribution in [1.82, 2.24) is 10.2 Å². The van der Waals surface area contributed by atoms with Crippen LogP contribution in [0.25, 0.3) is 0 Å². The Morgan fingerprint density at radius 1 is 1.14 bits per heavy atom. The Morgan fingerprint density at radius 2 is 1.82 bits per heavy atom. The average molecular weight is 405 g/mol. The van der Waals surface area contributed by atoms with E-state index in [9.17, 15) is 14.0 Å². The fraction of sp³-hybridized carbons (Fsp3) is 0.364. The summed E-state index contributed by atoms with van der Waals surface area (Å²) in [5, 5.41) is 3.44. The zero-order chi connectivity index (χ0) is 20.9. The summed E-state index contributed by atoms with van der Waals surface area (Å²) in [6.07, 6.45) is -0.125. The van der Waals surface area contributed by atoms with Gasteiger partial charge in [0, 0.05) is 17.1 Å². The van der Waals surface area contributed by atoms with Crippen molar-refractivity contribution in [2.75, 3.05) is 0 Å². The van der Waals surface area contributed by atoms with Crippen molar-refractivity contribution in [3.63, 3.8) is 0 Å². The second kappa shape index (κ2) is 9.20. The van der Waals surface area contributed by atoms with Crippen LogP contribution in [0.1, 0.15) is 38.8 Å². The lowest BCUT2D eigenvalue weighted by Crippen LogP contribution is -2.52. The molecule has 0 aliphatic rings. The number of nitrogens with one attached hydrogen (secondary N) is 1. The molecule has 0 saturated carbocycles. The van der Waals surface area contributed by atoms with Crippen LogP contribution in [0.3, 0.4) is 0 Å². The normalized spacial score (nSPS) is 12.4. The zero-order valence-electron chi connectivity index (χ0n) is 16.6. The highest BCUT2D eigenvalue weighted by Gasteiger charge is 2.28. The molecular weight excluding hydrogens is 379 g/mol. The number of nitrogens with zero attached hydrogens (tertiary/aromatic N) is 1. The van der Waals surface area contributed by atoms with Crippen molar-refractivity contribution in [3.8, 4) is 0 Å². The van der Waals surface area contributed by atoms with Crippen molar-refractivity contribution in [2.45, 2.75) is 52.2 Å². The molecule has 1 atom stereocenters. The molecule has 2 amide bonds. The number of halogens is 2. The number of amides is 2. The fourth-order valence-electron chi connectivity index (χ4n) is 2.79. The molecular formula is C22H26ClFN2O2. The first kappa shape index (κ1) is 21.9. The van der Waals surface area contributed by atoms with Gasteiger partial charge >= 0.3 is 0 Å². The van der Waals surface area contributed by atoms with Gasteiger partial charge in [-0.2, -0.15) is 0 Å². The van der Waals surface area contributed by atoms with Crippen LogP contribution in [0.15, 0.2) is 48.5 Å². The van der Waals surface area contributed by atoms with Crippen molar-refractivity contribution in [1.29, 1.82) is 0 Å². The Bertz CT molecular complexity index is 848. The molecule has 0 aliphatic heterocycles. The van der Waals surface area contributed by atoms with Crippen LogP contribution in [0.4, 0.5) is 4.39 Å². The van der Waals surface area contributed by atoms with E-state index in [1.807, 2.05) is 26.8 Å². The van der Waals surface area contributed by atoms with Gasteiger partial charge in [0.15, 0.2) is 0 Å². The first-order valence-corrected chi connectivity index (χ1v) is 9.54. The van der Waals surface area contributed by atoms with E-state index >= 15 is 0 Å². The highest BCUT2D eigenvalue weighted by Crippen LogP contribution is 2.17.